The Bertz CT molecular complexity index is 1920. The second kappa shape index (κ2) is 13.4. The second-order valence-corrected chi connectivity index (χ2v) is 12.0. The van der Waals surface area contributed by atoms with E-state index in [0.717, 1.165) is 5.56 Å². The van der Waals surface area contributed by atoms with Gasteiger partial charge in [-0.15, -0.1) is 0 Å². The van der Waals surface area contributed by atoms with Gasteiger partial charge < -0.3 is 25.0 Å². The van der Waals surface area contributed by atoms with Gasteiger partial charge in [0.15, 0.2) is 6.29 Å². The van der Waals surface area contributed by atoms with E-state index in [2.05, 4.69) is 15.3 Å². The topological polar surface area (TPSA) is 142 Å². The number of halogens is 2. The molecule has 11 nitrogen and oxygen atoms in total. The Balaban J connectivity index is 1.23. The molecule has 1 fully saturated rings. The number of amides is 3. The molecule has 2 aromatic carbocycles. The molecule has 1 unspecified atom stereocenters. The number of ether oxygens (including phenoxy) is 1. The summed E-state index contributed by atoms with van der Waals surface area (Å²) in [5.41, 5.74) is 5.29. The van der Waals surface area contributed by atoms with Crippen LogP contribution < -0.4 is 10.1 Å². The highest BCUT2D eigenvalue weighted by Gasteiger charge is 2.30. The molecule has 2 aromatic heterocycles. The lowest BCUT2D eigenvalue weighted by atomic mass is 9.98. The van der Waals surface area contributed by atoms with Crippen molar-refractivity contribution in [2.75, 3.05) is 26.7 Å². The molecular weight excluding hydrogens is 645 g/mol. The van der Waals surface area contributed by atoms with Gasteiger partial charge in [-0.1, -0.05) is 47.5 Å². The number of methoxy groups -OCH3 is 1. The monoisotopic (exact) mass is 673 g/mol. The van der Waals surface area contributed by atoms with Gasteiger partial charge in [-0.25, -0.2) is 9.78 Å². The van der Waals surface area contributed by atoms with Crippen molar-refractivity contribution in [3.63, 3.8) is 0 Å². The first-order valence-corrected chi connectivity index (χ1v) is 15.6. The molecule has 0 spiro atoms. The van der Waals surface area contributed by atoms with Gasteiger partial charge in [0.05, 0.1) is 34.1 Å². The van der Waals surface area contributed by atoms with Crippen molar-refractivity contribution in [3.05, 3.63) is 87.5 Å². The van der Waals surface area contributed by atoms with E-state index in [1.807, 2.05) is 24.3 Å². The lowest BCUT2D eigenvalue weighted by molar-refractivity contribution is -0.119. The summed E-state index contributed by atoms with van der Waals surface area (Å²) in [7, 11) is 1.44. The Labute approximate surface area is 280 Å². The van der Waals surface area contributed by atoms with Crippen LogP contribution in [0.25, 0.3) is 33.6 Å². The molecular formula is C34H29Cl2N5O6. The number of rotatable bonds is 10. The van der Waals surface area contributed by atoms with Gasteiger partial charge in [-0.05, 0) is 42.3 Å². The fourth-order valence-corrected chi connectivity index (χ4v) is 6.59. The van der Waals surface area contributed by atoms with Gasteiger partial charge >= 0.3 is 6.09 Å². The molecule has 4 heterocycles. The van der Waals surface area contributed by atoms with E-state index in [1.165, 1.54) is 12.0 Å². The molecule has 0 bridgehead atoms. The minimum atomic E-state index is -1.10. The summed E-state index contributed by atoms with van der Waals surface area (Å²) >= 11 is 13.9. The van der Waals surface area contributed by atoms with Crippen molar-refractivity contribution in [2.24, 2.45) is 0 Å². The molecule has 240 valence electrons. The van der Waals surface area contributed by atoms with Crippen LogP contribution in [0.15, 0.2) is 60.8 Å². The third kappa shape index (κ3) is 6.36. The van der Waals surface area contributed by atoms with Crippen LogP contribution in [0.5, 0.6) is 5.88 Å². The SMILES string of the molecule is COc1nc(-c2cccc(-c3ccnc(-c4ccc5c(c4)CN(CCN(CC4CCC(=O)N4)C(=O)O)C5=O)c3Cl)c2Cl)ccc1C=O. The molecule has 3 amide bonds. The zero-order chi connectivity index (χ0) is 33.2. The summed E-state index contributed by atoms with van der Waals surface area (Å²) in [4.78, 5) is 59.8. The minimum Gasteiger partial charge on any atom is -0.480 e. The van der Waals surface area contributed by atoms with E-state index in [4.69, 9.17) is 27.9 Å². The number of carboxylic acid groups (broad SMARTS) is 1. The van der Waals surface area contributed by atoms with Gasteiger partial charge in [-0.2, -0.15) is 0 Å². The Morgan fingerprint density at radius 1 is 1.09 bits per heavy atom. The number of benzene rings is 2. The average molecular weight is 675 g/mol. The number of aromatic nitrogens is 2. The molecule has 1 atom stereocenters. The first-order valence-electron chi connectivity index (χ1n) is 14.8. The van der Waals surface area contributed by atoms with E-state index in [-0.39, 0.29) is 43.4 Å². The summed E-state index contributed by atoms with van der Waals surface area (Å²) < 4.78 is 5.27. The number of hydrogen-bond acceptors (Lipinski definition) is 7. The lowest BCUT2D eigenvalue weighted by Gasteiger charge is -2.25. The van der Waals surface area contributed by atoms with Crippen molar-refractivity contribution in [1.29, 1.82) is 0 Å². The number of aldehydes is 1. The summed E-state index contributed by atoms with van der Waals surface area (Å²) in [5, 5.41) is 13.3. The van der Waals surface area contributed by atoms with Crippen LogP contribution in [0.3, 0.4) is 0 Å². The number of fused-ring (bicyclic) bond motifs is 1. The van der Waals surface area contributed by atoms with Crippen molar-refractivity contribution in [3.8, 4) is 39.5 Å². The molecule has 0 aliphatic carbocycles. The van der Waals surface area contributed by atoms with Gasteiger partial charge in [-0.3, -0.25) is 19.4 Å². The fourth-order valence-electron chi connectivity index (χ4n) is 5.94. The van der Waals surface area contributed by atoms with Gasteiger partial charge in [0.2, 0.25) is 11.8 Å². The summed E-state index contributed by atoms with van der Waals surface area (Å²) in [6.45, 7) is 0.801. The third-order valence-corrected chi connectivity index (χ3v) is 9.15. The van der Waals surface area contributed by atoms with Gasteiger partial charge in [0.25, 0.3) is 5.91 Å². The fraction of sp³-hybridized carbons (Fsp3) is 0.235. The number of carbonyl (C=O) groups is 4. The van der Waals surface area contributed by atoms with Crippen LogP contribution in [0, 0.1) is 0 Å². The van der Waals surface area contributed by atoms with Crippen molar-refractivity contribution < 1.29 is 29.0 Å². The van der Waals surface area contributed by atoms with Crippen molar-refractivity contribution in [1.82, 2.24) is 25.1 Å². The van der Waals surface area contributed by atoms with Crippen LogP contribution >= 0.6 is 23.2 Å². The Hall–Kier alpha value is -5.00. The molecule has 0 saturated carbocycles. The molecule has 1 saturated heterocycles. The molecule has 47 heavy (non-hydrogen) atoms. The maximum absolute atomic E-state index is 13.2. The average Bonchev–Trinajstić information content (AvgIpc) is 3.63. The Morgan fingerprint density at radius 3 is 2.60 bits per heavy atom. The van der Waals surface area contributed by atoms with E-state index in [0.29, 0.717) is 80.5 Å². The maximum atomic E-state index is 13.2. The van der Waals surface area contributed by atoms with Gasteiger partial charge in [0.1, 0.15) is 0 Å². The molecule has 6 rings (SSSR count). The summed E-state index contributed by atoms with van der Waals surface area (Å²) in [6, 6.07) is 15.7. The minimum absolute atomic E-state index is 0.0846. The van der Waals surface area contributed by atoms with Crippen LogP contribution in [0.4, 0.5) is 4.79 Å². The molecule has 13 heteroatoms. The third-order valence-electron chi connectivity index (χ3n) is 8.36. The van der Waals surface area contributed by atoms with Crippen LogP contribution in [-0.2, 0) is 11.3 Å². The van der Waals surface area contributed by atoms with E-state index in [9.17, 15) is 24.3 Å². The molecule has 0 radical (unpaired) electrons. The van der Waals surface area contributed by atoms with Crippen LogP contribution in [-0.4, -0.2) is 81.9 Å². The summed E-state index contributed by atoms with van der Waals surface area (Å²) in [6.07, 6.45) is 2.17. The van der Waals surface area contributed by atoms with E-state index >= 15 is 0 Å². The molecule has 2 N–H and O–H groups in total. The number of nitrogens with zero attached hydrogens (tertiary/aromatic N) is 4. The predicted molar refractivity (Wildman–Crippen MR) is 176 cm³/mol. The van der Waals surface area contributed by atoms with E-state index < -0.39 is 6.09 Å². The highest BCUT2D eigenvalue weighted by molar-refractivity contribution is 6.39. The van der Waals surface area contributed by atoms with Crippen LogP contribution in [0.1, 0.15) is 39.1 Å². The highest BCUT2D eigenvalue weighted by atomic mass is 35.5. The predicted octanol–water partition coefficient (Wildman–Crippen LogP) is 5.82. The molecule has 2 aliphatic rings. The highest BCUT2D eigenvalue weighted by Crippen LogP contribution is 2.42. The number of pyridine rings is 2. The quantitative estimate of drug-likeness (QED) is 0.201. The second-order valence-electron chi connectivity index (χ2n) is 11.2. The number of hydrogen-bond donors (Lipinski definition) is 2. The normalized spacial score (nSPS) is 15.4. The zero-order valence-corrected chi connectivity index (χ0v) is 26.7. The van der Waals surface area contributed by atoms with Crippen LogP contribution in [0.2, 0.25) is 10.0 Å². The molecule has 4 aromatic rings. The smallest absolute Gasteiger partial charge is 0.407 e. The maximum Gasteiger partial charge on any atom is 0.407 e. The Kier molecular flexibility index (Phi) is 9.10. The number of carbonyl (C=O) groups excluding carboxylic acids is 3. The van der Waals surface area contributed by atoms with Gasteiger partial charge in [0, 0.05) is 72.7 Å². The number of nitrogens with one attached hydrogen (secondary N) is 1. The largest absolute Gasteiger partial charge is 0.480 e. The first-order chi connectivity index (χ1) is 22.7. The molecule has 2 aliphatic heterocycles. The van der Waals surface area contributed by atoms with E-state index in [1.54, 1.807) is 41.4 Å². The van der Waals surface area contributed by atoms with Crippen molar-refractivity contribution >= 4 is 47.4 Å². The Morgan fingerprint density at radius 2 is 1.87 bits per heavy atom. The lowest BCUT2D eigenvalue weighted by Crippen LogP contribution is -2.44. The first kappa shape index (κ1) is 32.0. The zero-order valence-electron chi connectivity index (χ0n) is 25.2. The van der Waals surface area contributed by atoms with Crippen molar-refractivity contribution in [2.45, 2.75) is 25.4 Å². The standard InChI is InChI=1S/C34H29Cl2N5O6/c1-47-32-20(18-42)6-9-27(39-32)26-4-2-3-24(29(26)35)25-11-12-37-31(30(25)36)19-5-8-23-21(15-19)16-40(33(23)44)13-14-41(34(45)46)17-22-7-10-28(43)38-22/h2-6,8-9,11-12,15,18,22H,7,10,13-14,16-17H2,1H3,(H,38,43)(H,45,46). The summed E-state index contributed by atoms with van der Waals surface area (Å²) in [5.74, 6) is -0.0809.